The number of nitrogens with zero attached hydrogens (tertiary/aromatic N) is 1. The van der Waals surface area contributed by atoms with Gasteiger partial charge >= 0.3 is 0 Å². The summed E-state index contributed by atoms with van der Waals surface area (Å²) in [5, 5.41) is 3.30. The number of nitrogens with one attached hydrogen (secondary N) is 1. The van der Waals surface area contributed by atoms with Crippen LogP contribution in [0.3, 0.4) is 0 Å². The smallest absolute Gasteiger partial charge is 0.254 e. The lowest BCUT2D eigenvalue weighted by atomic mass is 10.1. The van der Waals surface area contributed by atoms with Crippen LogP contribution in [0.5, 0.6) is 0 Å². The molecule has 0 unspecified atom stereocenters. The largest absolute Gasteiger partial charge is 0.330 e. The zero-order valence-electron chi connectivity index (χ0n) is 9.99. The molecule has 18 heavy (non-hydrogen) atoms. The number of hydrogen-bond acceptors (Lipinski definition) is 2. The third-order valence-electron chi connectivity index (χ3n) is 3.62. The first-order valence-electron chi connectivity index (χ1n) is 6.06. The van der Waals surface area contributed by atoms with Gasteiger partial charge in [0, 0.05) is 24.7 Å². The van der Waals surface area contributed by atoms with Gasteiger partial charge in [0.1, 0.15) is 5.82 Å². The minimum atomic E-state index is -0.333. The van der Waals surface area contributed by atoms with Crippen molar-refractivity contribution in [2.24, 2.45) is 0 Å². The summed E-state index contributed by atoms with van der Waals surface area (Å²) in [6.07, 6.45) is 2.13. The van der Waals surface area contributed by atoms with Gasteiger partial charge in [-0.25, -0.2) is 4.39 Å². The van der Waals surface area contributed by atoms with Gasteiger partial charge in [0.05, 0.1) is 0 Å². The van der Waals surface area contributed by atoms with Crippen molar-refractivity contribution in [3.8, 4) is 0 Å². The topological polar surface area (TPSA) is 32.3 Å². The van der Waals surface area contributed by atoms with Gasteiger partial charge in [0.25, 0.3) is 5.91 Å². The Balaban J connectivity index is 0.00000120. The second-order valence-corrected chi connectivity index (χ2v) is 4.73. The van der Waals surface area contributed by atoms with E-state index in [-0.39, 0.29) is 30.2 Å². The summed E-state index contributed by atoms with van der Waals surface area (Å²) < 4.78 is 13.1. The second kappa shape index (κ2) is 5.24. The molecule has 3 rings (SSSR count). The summed E-state index contributed by atoms with van der Waals surface area (Å²) in [5.41, 5.74) is 1.48. The van der Waals surface area contributed by atoms with Crippen LogP contribution in [0, 0.1) is 5.82 Å². The fourth-order valence-electron chi connectivity index (χ4n) is 2.69. The van der Waals surface area contributed by atoms with E-state index < -0.39 is 0 Å². The molecule has 0 spiro atoms. The number of halogens is 2. The molecule has 2 heterocycles. The minimum Gasteiger partial charge on any atom is -0.330 e. The van der Waals surface area contributed by atoms with Crippen molar-refractivity contribution in [3.05, 3.63) is 35.1 Å². The predicted octanol–water partition coefficient (Wildman–Crippen LogP) is 1.96. The van der Waals surface area contributed by atoms with Gasteiger partial charge in [-0.15, -0.1) is 12.4 Å². The SMILES string of the molecule is Cl.O=C1c2cc(F)ccc2CN1[C@@H]1CCCNC1. The predicted molar refractivity (Wildman–Crippen MR) is 69.4 cm³/mol. The number of carbonyl (C=O) groups is 1. The van der Waals surface area contributed by atoms with Crippen molar-refractivity contribution in [1.29, 1.82) is 0 Å². The highest BCUT2D eigenvalue weighted by atomic mass is 35.5. The summed E-state index contributed by atoms with van der Waals surface area (Å²) in [6.45, 7) is 2.50. The van der Waals surface area contributed by atoms with E-state index in [1.54, 1.807) is 6.07 Å². The van der Waals surface area contributed by atoms with Gasteiger partial charge in [0.15, 0.2) is 0 Å². The van der Waals surface area contributed by atoms with Crippen LogP contribution in [0.25, 0.3) is 0 Å². The molecule has 0 radical (unpaired) electrons. The Bertz CT molecular complexity index is 460. The van der Waals surface area contributed by atoms with E-state index in [1.165, 1.54) is 12.1 Å². The molecule has 98 valence electrons. The molecule has 2 aliphatic heterocycles. The Hall–Kier alpha value is -1.13. The van der Waals surface area contributed by atoms with Crippen LogP contribution in [0.15, 0.2) is 18.2 Å². The lowest BCUT2D eigenvalue weighted by Gasteiger charge is -2.31. The molecule has 3 nitrogen and oxygen atoms in total. The molecular formula is C13H16ClFN2O. The average Bonchev–Trinajstić information content (AvgIpc) is 2.68. The fraction of sp³-hybridized carbons (Fsp3) is 0.462. The van der Waals surface area contributed by atoms with E-state index in [0.717, 1.165) is 31.5 Å². The second-order valence-electron chi connectivity index (χ2n) is 4.73. The van der Waals surface area contributed by atoms with Crippen LogP contribution in [0.1, 0.15) is 28.8 Å². The van der Waals surface area contributed by atoms with Crippen molar-refractivity contribution >= 4 is 18.3 Å². The van der Waals surface area contributed by atoms with Gasteiger partial charge in [-0.2, -0.15) is 0 Å². The minimum absolute atomic E-state index is 0. The summed E-state index contributed by atoms with van der Waals surface area (Å²) in [6, 6.07) is 4.76. The normalized spacial score (nSPS) is 22.6. The highest BCUT2D eigenvalue weighted by Crippen LogP contribution is 2.27. The number of hydrogen-bond donors (Lipinski definition) is 1. The van der Waals surface area contributed by atoms with Crippen molar-refractivity contribution in [2.75, 3.05) is 13.1 Å². The zero-order chi connectivity index (χ0) is 11.8. The molecule has 1 N–H and O–H groups in total. The first-order valence-corrected chi connectivity index (χ1v) is 6.06. The van der Waals surface area contributed by atoms with Crippen LogP contribution in [-0.2, 0) is 6.54 Å². The third kappa shape index (κ3) is 2.22. The van der Waals surface area contributed by atoms with Crippen LogP contribution in [0.4, 0.5) is 4.39 Å². The Morgan fingerprint density at radius 2 is 2.22 bits per heavy atom. The van der Waals surface area contributed by atoms with Gasteiger partial charge in [0.2, 0.25) is 0 Å². The quantitative estimate of drug-likeness (QED) is 0.846. The lowest BCUT2D eigenvalue weighted by molar-refractivity contribution is 0.0674. The monoisotopic (exact) mass is 270 g/mol. The third-order valence-corrected chi connectivity index (χ3v) is 3.62. The molecule has 0 saturated carbocycles. The summed E-state index contributed by atoms with van der Waals surface area (Å²) in [5.74, 6) is -0.353. The maximum absolute atomic E-state index is 13.1. The molecule has 1 amide bonds. The molecule has 1 aromatic carbocycles. The number of piperidine rings is 1. The van der Waals surface area contributed by atoms with Crippen LogP contribution in [0.2, 0.25) is 0 Å². The Labute approximate surface area is 112 Å². The number of amides is 1. The maximum Gasteiger partial charge on any atom is 0.254 e. The molecule has 1 saturated heterocycles. The highest BCUT2D eigenvalue weighted by molar-refractivity contribution is 5.98. The van der Waals surface area contributed by atoms with Crippen LogP contribution >= 0.6 is 12.4 Å². The zero-order valence-corrected chi connectivity index (χ0v) is 10.8. The molecule has 5 heteroatoms. The van der Waals surface area contributed by atoms with E-state index in [1.807, 2.05) is 4.90 Å². The van der Waals surface area contributed by atoms with E-state index >= 15 is 0 Å². The van der Waals surface area contributed by atoms with E-state index in [9.17, 15) is 9.18 Å². The standard InChI is InChI=1S/C13H15FN2O.ClH/c14-10-4-3-9-8-16(13(17)12(9)6-10)11-2-1-5-15-7-11;/h3-4,6,11,15H,1-2,5,7-8H2;1H/t11-;/m1./s1. The van der Waals surface area contributed by atoms with E-state index in [0.29, 0.717) is 12.1 Å². The van der Waals surface area contributed by atoms with Gasteiger partial charge in [-0.1, -0.05) is 6.07 Å². The average molecular weight is 271 g/mol. The van der Waals surface area contributed by atoms with Crippen molar-refractivity contribution < 1.29 is 9.18 Å². The summed E-state index contributed by atoms with van der Waals surface area (Å²) in [7, 11) is 0. The first-order chi connectivity index (χ1) is 8.25. The molecule has 1 fully saturated rings. The molecular weight excluding hydrogens is 255 g/mol. The molecule has 0 aliphatic carbocycles. The Kier molecular flexibility index (Phi) is 3.88. The highest BCUT2D eigenvalue weighted by Gasteiger charge is 2.33. The summed E-state index contributed by atoms with van der Waals surface area (Å²) >= 11 is 0. The lowest BCUT2D eigenvalue weighted by Crippen LogP contribution is -2.46. The molecule has 0 aromatic heterocycles. The first kappa shape index (κ1) is 13.3. The van der Waals surface area contributed by atoms with Crippen LogP contribution in [-0.4, -0.2) is 29.9 Å². The van der Waals surface area contributed by atoms with Crippen molar-refractivity contribution in [1.82, 2.24) is 10.2 Å². The van der Waals surface area contributed by atoms with E-state index in [2.05, 4.69) is 5.32 Å². The number of rotatable bonds is 1. The maximum atomic E-state index is 13.1. The number of carbonyl (C=O) groups excluding carboxylic acids is 1. The van der Waals surface area contributed by atoms with Gasteiger partial charge in [-0.3, -0.25) is 4.79 Å². The molecule has 1 atom stereocenters. The van der Waals surface area contributed by atoms with Crippen molar-refractivity contribution in [3.63, 3.8) is 0 Å². The van der Waals surface area contributed by atoms with Crippen LogP contribution < -0.4 is 5.32 Å². The van der Waals surface area contributed by atoms with Gasteiger partial charge < -0.3 is 10.2 Å². The molecule has 2 aliphatic rings. The fourth-order valence-corrected chi connectivity index (χ4v) is 2.69. The van der Waals surface area contributed by atoms with Crippen molar-refractivity contribution in [2.45, 2.75) is 25.4 Å². The Morgan fingerprint density at radius 3 is 2.94 bits per heavy atom. The van der Waals surface area contributed by atoms with E-state index in [4.69, 9.17) is 0 Å². The number of fused-ring (bicyclic) bond motifs is 1. The molecule has 0 bridgehead atoms. The number of benzene rings is 1. The summed E-state index contributed by atoms with van der Waals surface area (Å²) in [4.78, 5) is 14.1. The van der Waals surface area contributed by atoms with Gasteiger partial charge in [-0.05, 0) is 37.1 Å². The Morgan fingerprint density at radius 1 is 1.39 bits per heavy atom. The molecule has 1 aromatic rings.